The minimum Gasteiger partial charge on any atom is -0.508 e. The van der Waals surface area contributed by atoms with E-state index in [9.17, 15) is 29.1 Å². The molecule has 10 rings (SSSR count). The van der Waals surface area contributed by atoms with Crippen molar-refractivity contribution in [2.24, 2.45) is 5.41 Å². The van der Waals surface area contributed by atoms with Crippen LogP contribution in [0.3, 0.4) is 0 Å². The molecule has 5 amide bonds. The first-order valence-electron chi connectivity index (χ1n) is 20.2. The number of aryl methyl sites for hydroxylation is 1. The zero-order valence-corrected chi connectivity index (χ0v) is 31.8. The second-order valence-corrected chi connectivity index (χ2v) is 17.0. The number of nitrogens with one attached hydrogen (secondary N) is 1. The number of fused-ring (bicyclic) bond motifs is 3. The van der Waals surface area contributed by atoms with E-state index in [1.807, 2.05) is 17.0 Å². The highest BCUT2D eigenvalue weighted by molar-refractivity contribution is 6.23. The molecular formula is C46H45N5O6. The number of carbonyl (C=O) groups is 5. The summed E-state index contributed by atoms with van der Waals surface area (Å²) < 4.78 is 0. The van der Waals surface area contributed by atoms with Crippen LogP contribution in [0.5, 0.6) is 5.75 Å². The average Bonchev–Trinajstić information content (AvgIpc) is 3.71. The number of anilines is 1. The second kappa shape index (κ2) is 13.7. The smallest absolute Gasteiger partial charge is 0.262 e. The SMILES string of the molecule is O=C1CCC(N2C(=O)c3cc4c(cc3C2=O)CN(CC(=O)N2CC3(CCN(c5ccc([C@H]6c7ccc(O)cc7CCC6c6ccccc6)cc5)CC3)C2)C4)C(=O)N1. The Labute approximate surface area is 331 Å². The number of benzene rings is 4. The van der Waals surface area contributed by atoms with Crippen LogP contribution in [-0.2, 0) is 33.9 Å². The molecule has 5 aliphatic heterocycles. The van der Waals surface area contributed by atoms with Crippen LogP contribution in [0.4, 0.5) is 5.69 Å². The summed E-state index contributed by atoms with van der Waals surface area (Å²) in [4.78, 5) is 71.7. The number of likely N-dealkylation sites (tertiary alicyclic amines) is 1. The third-order valence-corrected chi connectivity index (χ3v) is 13.6. The lowest BCUT2D eigenvalue weighted by Gasteiger charge is -2.54. The van der Waals surface area contributed by atoms with Gasteiger partial charge >= 0.3 is 0 Å². The molecule has 0 aromatic heterocycles. The molecule has 0 radical (unpaired) electrons. The number of amides is 5. The van der Waals surface area contributed by atoms with Crippen LogP contribution in [-0.4, -0.2) is 88.1 Å². The molecule has 6 aliphatic rings. The molecule has 4 aromatic carbocycles. The van der Waals surface area contributed by atoms with Crippen molar-refractivity contribution in [3.05, 3.63) is 129 Å². The lowest BCUT2D eigenvalue weighted by atomic mass is 9.69. The maximum Gasteiger partial charge on any atom is 0.262 e. The zero-order chi connectivity index (χ0) is 39.0. The van der Waals surface area contributed by atoms with Crippen LogP contribution in [0.2, 0.25) is 0 Å². The van der Waals surface area contributed by atoms with Crippen LogP contribution < -0.4 is 10.2 Å². The van der Waals surface area contributed by atoms with Crippen LogP contribution >= 0.6 is 0 Å². The quantitative estimate of drug-likeness (QED) is 0.260. The third kappa shape index (κ3) is 6.19. The van der Waals surface area contributed by atoms with Gasteiger partial charge in [0.2, 0.25) is 17.7 Å². The molecule has 3 fully saturated rings. The number of imide groups is 2. The maximum absolute atomic E-state index is 13.5. The van der Waals surface area contributed by atoms with Crippen LogP contribution in [0.15, 0.2) is 84.9 Å². The first kappa shape index (κ1) is 35.6. The molecule has 5 heterocycles. The van der Waals surface area contributed by atoms with Gasteiger partial charge in [-0.15, -0.1) is 0 Å². The summed E-state index contributed by atoms with van der Waals surface area (Å²) in [5.74, 6) is -1.04. The monoisotopic (exact) mass is 763 g/mol. The van der Waals surface area contributed by atoms with Crippen molar-refractivity contribution in [2.45, 2.75) is 69.5 Å². The molecule has 11 heteroatoms. The number of nitrogens with zero attached hydrogens (tertiary/aromatic N) is 4. The number of phenols is 1. The van der Waals surface area contributed by atoms with Gasteiger partial charge in [0.05, 0.1) is 17.7 Å². The van der Waals surface area contributed by atoms with E-state index in [4.69, 9.17) is 0 Å². The fourth-order valence-electron chi connectivity index (χ4n) is 10.5. The van der Waals surface area contributed by atoms with Crippen molar-refractivity contribution in [2.75, 3.05) is 37.6 Å². The molecule has 290 valence electrons. The van der Waals surface area contributed by atoms with Crippen molar-refractivity contribution in [1.82, 2.24) is 20.0 Å². The Morgan fingerprint density at radius 3 is 2.11 bits per heavy atom. The molecule has 1 spiro atoms. The summed E-state index contributed by atoms with van der Waals surface area (Å²) in [6.45, 7) is 4.72. The first-order chi connectivity index (χ1) is 27.6. The molecule has 11 nitrogen and oxygen atoms in total. The fourth-order valence-corrected chi connectivity index (χ4v) is 10.5. The van der Waals surface area contributed by atoms with Gasteiger partial charge in [-0.3, -0.25) is 39.1 Å². The van der Waals surface area contributed by atoms with Crippen molar-refractivity contribution < 1.29 is 29.1 Å². The van der Waals surface area contributed by atoms with E-state index in [2.05, 4.69) is 75.8 Å². The minimum absolute atomic E-state index is 0.0796. The molecule has 0 bridgehead atoms. The summed E-state index contributed by atoms with van der Waals surface area (Å²) in [6.07, 6.45) is 4.26. The minimum atomic E-state index is -0.991. The van der Waals surface area contributed by atoms with Crippen LogP contribution in [0, 0.1) is 5.41 Å². The van der Waals surface area contributed by atoms with Crippen molar-refractivity contribution >= 4 is 35.2 Å². The molecule has 3 atom stereocenters. The summed E-state index contributed by atoms with van der Waals surface area (Å²) in [6, 6.07) is 28.3. The average molecular weight is 764 g/mol. The molecule has 2 unspecified atom stereocenters. The van der Waals surface area contributed by atoms with Crippen LogP contribution in [0.1, 0.15) is 98.0 Å². The number of piperidine rings is 2. The topological polar surface area (TPSA) is 131 Å². The lowest BCUT2D eigenvalue weighted by molar-refractivity contribution is -0.146. The van der Waals surface area contributed by atoms with Gasteiger partial charge in [0, 0.05) is 62.7 Å². The Balaban J connectivity index is 0.739. The van der Waals surface area contributed by atoms with Gasteiger partial charge in [-0.05, 0) is 108 Å². The Morgan fingerprint density at radius 2 is 1.44 bits per heavy atom. The summed E-state index contributed by atoms with van der Waals surface area (Å²) in [5, 5.41) is 12.5. The molecule has 1 aliphatic carbocycles. The van der Waals surface area contributed by atoms with Gasteiger partial charge in [-0.25, -0.2) is 0 Å². The third-order valence-electron chi connectivity index (χ3n) is 13.6. The predicted molar refractivity (Wildman–Crippen MR) is 212 cm³/mol. The molecule has 4 aromatic rings. The fraction of sp³-hybridized carbons (Fsp3) is 0.370. The standard InChI is InChI=1S/C46H45N5O6/c52-34-11-13-36-30(20-34)8-12-35(28-4-2-1-3-5-28)42(36)29-6-9-33(10-7-29)49-18-16-46(17-19-49)26-50(27-46)41(54)25-48-23-31-21-37-38(22-32(31)24-48)45(57)51(44(37)56)39-14-15-40(53)47-43(39)55/h1-7,9-11,13,20-22,35,39,42,52H,8,12,14-19,23-27H2,(H,47,53,55)/t35?,39?,42-/m1/s1. The Bertz CT molecular complexity index is 2280. The first-order valence-corrected chi connectivity index (χ1v) is 20.2. The van der Waals surface area contributed by atoms with Gasteiger partial charge < -0.3 is 14.9 Å². The van der Waals surface area contributed by atoms with E-state index in [-0.39, 0.29) is 47.8 Å². The summed E-state index contributed by atoms with van der Waals surface area (Å²) in [7, 11) is 0. The Morgan fingerprint density at radius 1 is 0.754 bits per heavy atom. The maximum atomic E-state index is 13.5. The molecular weight excluding hydrogens is 719 g/mol. The number of hydrogen-bond donors (Lipinski definition) is 2. The van der Waals surface area contributed by atoms with Gasteiger partial charge in [-0.1, -0.05) is 48.5 Å². The van der Waals surface area contributed by atoms with E-state index in [0.29, 0.717) is 24.8 Å². The highest BCUT2D eigenvalue weighted by Crippen LogP contribution is 2.48. The predicted octanol–water partition coefficient (Wildman–Crippen LogP) is 5.10. The van der Waals surface area contributed by atoms with Gasteiger partial charge in [0.25, 0.3) is 11.8 Å². The lowest BCUT2D eigenvalue weighted by Crippen LogP contribution is -2.63. The van der Waals surface area contributed by atoms with E-state index in [0.717, 1.165) is 67.9 Å². The number of aromatic hydroxyl groups is 1. The van der Waals surface area contributed by atoms with E-state index in [1.54, 1.807) is 12.1 Å². The molecule has 2 N–H and O–H groups in total. The van der Waals surface area contributed by atoms with Crippen molar-refractivity contribution in [3.8, 4) is 5.75 Å². The van der Waals surface area contributed by atoms with Gasteiger partial charge in [-0.2, -0.15) is 0 Å². The largest absolute Gasteiger partial charge is 0.508 e. The van der Waals surface area contributed by atoms with E-state index in [1.165, 1.54) is 27.9 Å². The Hall–Kier alpha value is -5.81. The highest BCUT2D eigenvalue weighted by Gasteiger charge is 2.48. The number of hydrogen-bond acceptors (Lipinski definition) is 8. The van der Waals surface area contributed by atoms with Crippen molar-refractivity contribution in [1.29, 1.82) is 0 Å². The molecule has 57 heavy (non-hydrogen) atoms. The van der Waals surface area contributed by atoms with Gasteiger partial charge in [0.1, 0.15) is 11.8 Å². The number of carbonyl (C=O) groups excluding carboxylic acids is 5. The van der Waals surface area contributed by atoms with E-state index >= 15 is 0 Å². The zero-order valence-electron chi connectivity index (χ0n) is 31.8. The summed E-state index contributed by atoms with van der Waals surface area (Å²) >= 11 is 0. The second-order valence-electron chi connectivity index (χ2n) is 17.0. The molecule has 3 saturated heterocycles. The van der Waals surface area contributed by atoms with Gasteiger partial charge in [0.15, 0.2) is 0 Å². The van der Waals surface area contributed by atoms with Crippen molar-refractivity contribution in [3.63, 3.8) is 0 Å². The number of phenolic OH excluding ortho intramolecular Hbond substituents is 1. The Kier molecular flexibility index (Phi) is 8.55. The summed E-state index contributed by atoms with van der Waals surface area (Å²) in [5.41, 5.74) is 8.93. The highest BCUT2D eigenvalue weighted by atomic mass is 16.3. The van der Waals surface area contributed by atoms with Crippen LogP contribution in [0.25, 0.3) is 0 Å². The van der Waals surface area contributed by atoms with E-state index < -0.39 is 29.7 Å². The normalized spacial score (nSPS) is 23.9. The molecule has 0 saturated carbocycles. The number of rotatable bonds is 6.